The number of hydrogen-bond donors (Lipinski definition) is 2. The summed E-state index contributed by atoms with van der Waals surface area (Å²) in [5.41, 5.74) is 0. The van der Waals surface area contributed by atoms with Crippen LogP contribution >= 0.6 is 0 Å². The summed E-state index contributed by atoms with van der Waals surface area (Å²) in [6, 6.07) is 3.31. The summed E-state index contributed by atoms with van der Waals surface area (Å²) in [6.07, 6.45) is 6.52. The van der Waals surface area contributed by atoms with E-state index in [1.165, 1.54) is 0 Å². The summed E-state index contributed by atoms with van der Waals surface area (Å²) in [5, 5.41) is 3.04. The maximum atomic E-state index is 12.8. The number of hydrogen-bond acceptors (Lipinski definition) is 4. The number of nitrogens with zero attached hydrogens (tertiary/aromatic N) is 2. The molecular formula is C17H24N4O3. The Labute approximate surface area is 141 Å². The number of carbonyl (C=O) groups excluding carboxylic acids is 1. The van der Waals surface area contributed by atoms with E-state index in [9.17, 15) is 4.79 Å². The lowest BCUT2D eigenvalue weighted by atomic mass is 10.0. The molecule has 24 heavy (non-hydrogen) atoms. The van der Waals surface area contributed by atoms with Crippen LogP contribution in [0.2, 0.25) is 0 Å². The number of ether oxygens (including phenoxy) is 1. The average molecular weight is 332 g/mol. The number of aromatic nitrogens is 2. The Balaban J connectivity index is 1.73. The zero-order valence-corrected chi connectivity index (χ0v) is 14.1. The third kappa shape index (κ3) is 3.62. The van der Waals surface area contributed by atoms with E-state index >= 15 is 0 Å². The molecule has 7 heteroatoms. The predicted molar refractivity (Wildman–Crippen MR) is 88.5 cm³/mol. The number of rotatable bonds is 5. The minimum Gasteiger partial charge on any atom is -0.464 e. The fraction of sp³-hybridized carbons (Fsp3) is 0.529. The first-order valence-electron chi connectivity index (χ1n) is 8.30. The zero-order valence-electron chi connectivity index (χ0n) is 14.1. The molecule has 2 amide bonds. The van der Waals surface area contributed by atoms with Crippen LogP contribution in [0, 0.1) is 6.92 Å². The number of aryl methyl sites for hydroxylation is 1. The van der Waals surface area contributed by atoms with E-state index in [4.69, 9.17) is 9.15 Å². The Morgan fingerprint density at radius 2 is 2.42 bits per heavy atom. The molecule has 2 aromatic heterocycles. The van der Waals surface area contributed by atoms with Gasteiger partial charge in [-0.05, 0) is 38.3 Å². The lowest BCUT2D eigenvalue weighted by molar-refractivity contribution is 0.125. The summed E-state index contributed by atoms with van der Waals surface area (Å²) in [7, 11) is 1.61. The molecule has 1 saturated heterocycles. The molecule has 2 atom stereocenters. The molecule has 0 bridgehead atoms. The van der Waals surface area contributed by atoms with Crippen molar-refractivity contribution >= 4 is 6.03 Å². The van der Waals surface area contributed by atoms with Crippen molar-refractivity contribution in [2.45, 2.75) is 38.3 Å². The summed E-state index contributed by atoms with van der Waals surface area (Å²) >= 11 is 0. The van der Waals surface area contributed by atoms with Gasteiger partial charge in [-0.1, -0.05) is 0 Å². The number of urea groups is 1. The van der Waals surface area contributed by atoms with Gasteiger partial charge in [-0.15, -0.1) is 0 Å². The minimum absolute atomic E-state index is 0.0183. The first-order valence-corrected chi connectivity index (χ1v) is 8.30. The van der Waals surface area contributed by atoms with E-state index in [-0.39, 0.29) is 18.1 Å². The van der Waals surface area contributed by atoms with E-state index in [0.717, 1.165) is 30.8 Å². The Morgan fingerprint density at radius 1 is 1.54 bits per heavy atom. The van der Waals surface area contributed by atoms with Crippen molar-refractivity contribution in [2.24, 2.45) is 0 Å². The number of methoxy groups -OCH3 is 1. The molecule has 2 aromatic rings. The smallest absolute Gasteiger partial charge is 0.318 e. The van der Waals surface area contributed by atoms with E-state index in [0.29, 0.717) is 18.9 Å². The number of amides is 2. The SMILES string of the molecule is COC[C@@H](NC(=O)N1CCCC[C@@H]1c1ncc[nH]1)c1ccc(C)o1. The highest BCUT2D eigenvalue weighted by atomic mass is 16.5. The van der Waals surface area contributed by atoms with E-state index in [1.807, 2.05) is 24.0 Å². The van der Waals surface area contributed by atoms with Gasteiger partial charge >= 0.3 is 6.03 Å². The normalized spacial score (nSPS) is 19.2. The number of aromatic amines is 1. The van der Waals surface area contributed by atoms with Crippen LogP contribution in [0.4, 0.5) is 4.79 Å². The fourth-order valence-corrected chi connectivity index (χ4v) is 3.15. The second kappa shape index (κ2) is 7.53. The van der Waals surface area contributed by atoms with Crippen molar-refractivity contribution in [1.82, 2.24) is 20.2 Å². The van der Waals surface area contributed by atoms with Crippen molar-refractivity contribution < 1.29 is 13.9 Å². The number of carbonyl (C=O) groups is 1. The van der Waals surface area contributed by atoms with Gasteiger partial charge in [0.15, 0.2) is 0 Å². The van der Waals surface area contributed by atoms with Crippen molar-refractivity contribution in [3.8, 4) is 0 Å². The van der Waals surface area contributed by atoms with Gasteiger partial charge in [0.2, 0.25) is 0 Å². The first-order chi connectivity index (χ1) is 11.7. The highest BCUT2D eigenvalue weighted by Gasteiger charge is 2.31. The highest BCUT2D eigenvalue weighted by molar-refractivity contribution is 5.75. The molecule has 0 saturated carbocycles. The molecule has 0 spiro atoms. The average Bonchev–Trinajstić information content (AvgIpc) is 3.26. The molecule has 1 aliphatic rings. The summed E-state index contributed by atoms with van der Waals surface area (Å²) in [6.45, 7) is 2.96. The van der Waals surface area contributed by atoms with Gasteiger partial charge in [-0.3, -0.25) is 0 Å². The van der Waals surface area contributed by atoms with Crippen LogP contribution in [0.1, 0.15) is 48.7 Å². The Bertz CT molecular complexity index is 653. The van der Waals surface area contributed by atoms with Gasteiger partial charge in [0.05, 0.1) is 12.6 Å². The van der Waals surface area contributed by atoms with Crippen LogP contribution in [0.25, 0.3) is 0 Å². The summed E-state index contributed by atoms with van der Waals surface area (Å²) < 4.78 is 10.9. The molecule has 130 valence electrons. The van der Waals surface area contributed by atoms with Gasteiger partial charge in [-0.2, -0.15) is 0 Å². The van der Waals surface area contributed by atoms with E-state index in [1.54, 1.807) is 19.5 Å². The van der Waals surface area contributed by atoms with Crippen molar-refractivity contribution in [3.05, 3.63) is 41.9 Å². The second-order valence-electron chi connectivity index (χ2n) is 6.09. The third-order valence-corrected chi connectivity index (χ3v) is 4.33. The number of likely N-dealkylation sites (tertiary alicyclic amines) is 1. The summed E-state index contributed by atoms with van der Waals surface area (Å²) in [5.74, 6) is 2.35. The van der Waals surface area contributed by atoms with E-state index in [2.05, 4.69) is 15.3 Å². The molecule has 3 rings (SSSR count). The van der Waals surface area contributed by atoms with Crippen molar-refractivity contribution in [1.29, 1.82) is 0 Å². The van der Waals surface area contributed by atoms with E-state index < -0.39 is 0 Å². The zero-order chi connectivity index (χ0) is 16.9. The quantitative estimate of drug-likeness (QED) is 0.882. The van der Waals surface area contributed by atoms with Crippen LogP contribution in [0.5, 0.6) is 0 Å². The Morgan fingerprint density at radius 3 is 3.08 bits per heavy atom. The maximum absolute atomic E-state index is 12.8. The first kappa shape index (κ1) is 16.6. The molecule has 7 nitrogen and oxygen atoms in total. The topological polar surface area (TPSA) is 83.4 Å². The van der Waals surface area contributed by atoms with Gasteiger partial charge in [-0.25, -0.2) is 9.78 Å². The molecule has 0 aromatic carbocycles. The number of piperidine rings is 1. The van der Waals surface area contributed by atoms with Crippen LogP contribution in [-0.2, 0) is 4.74 Å². The van der Waals surface area contributed by atoms with Crippen molar-refractivity contribution in [2.75, 3.05) is 20.3 Å². The molecular weight excluding hydrogens is 308 g/mol. The molecule has 1 aliphatic heterocycles. The predicted octanol–water partition coefficient (Wildman–Crippen LogP) is 2.94. The van der Waals surface area contributed by atoms with Crippen LogP contribution in [0.3, 0.4) is 0 Å². The molecule has 2 N–H and O–H groups in total. The summed E-state index contributed by atoms with van der Waals surface area (Å²) in [4.78, 5) is 22.2. The van der Waals surface area contributed by atoms with Crippen LogP contribution in [-0.4, -0.2) is 41.2 Å². The van der Waals surface area contributed by atoms with Gasteiger partial charge in [0.1, 0.15) is 23.4 Å². The minimum atomic E-state index is -0.310. The third-order valence-electron chi connectivity index (χ3n) is 4.33. The largest absolute Gasteiger partial charge is 0.464 e. The van der Waals surface area contributed by atoms with Gasteiger partial charge in [0, 0.05) is 26.0 Å². The number of H-pyrrole nitrogens is 1. The van der Waals surface area contributed by atoms with Gasteiger partial charge < -0.3 is 24.4 Å². The van der Waals surface area contributed by atoms with Gasteiger partial charge in [0.25, 0.3) is 0 Å². The lowest BCUT2D eigenvalue weighted by Gasteiger charge is -2.35. The molecule has 0 aliphatic carbocycles. The van der Waals surface area contributed by atoms with Crippen LogP contribution < -0.4 is 5.32 Å². The van der Waals surface area contributed by atoms with Crippen LogP contribution in [0.15, 0.2) is 28.9 Å². The Hall–Kier alpha value is -2.28. The lowest BCUT2D eigenvalue weighted by Crippen LogP contribution is -2.46. The second-order valence-corrected chi connectivity index (χ2v) is 6.09. The fourth-order valence-electron chi connectivity index (χ4n) is 3.15. The molecule has 1 fully saturated rings. The molecule has 0 radical (unpaired) electrons. The highest BCUT2D eigenvalue weighted by Crippen LogP contribution is 2.29. The van der Waals surface area contributed by atoms with Crippen molar-refractivity contribution in [3.63, 3.8) is 0 Å². The number of imidazole rings is 1. The molecule has 0 unspecified atom stereocenters. The standard InChI is InChI=1S/C17H24N4O3/c1-12-6-7-15(24-12)13(11-23-2)20-17(22)21-10-4-3-5-14(21)16-18-8-9-19-16/h6-9,13-14H,3-5,10-11H2,1-2H3,(H,18,19)(H,20,22)/t13-,14-/m1/s1. The number of nitrogens with one attached hydrogen (secondary N) is 2. The monoisotopic (exact) mass is 332 g/mol. The Kier molecular flexibility index (Phi) is 5.20. The number of furan rings is 1. The molecule has 3 heterocycles. The maximum Gasteiger partial charge on any atom is 0.318 e.